The standard InChI is InChI=1S/C66H66N2O2S2/c1-40(2)55-38-59(67(44-28-26-43(27-29-44)42(5)71(6,7)8)57-22-16-20-51-47-18-12-14-24-61(47)69-65(51)57)53-36-34-50-56(41(3)4)39-60(54-37-35-49(55)63(53)64(50)54)68(45-30-32-46(33-31-45)72(9,10)11)58-23-17-21-52-48-19-13-15-25-62(48)70-66(52)58/h12-42,49,55H,1-11H3. The maximum absolute atomic E-state index is 6.92. The Bertz CT molecular complexity index is 3820. The van der Waals surface area contributed by atoms with Gasteiger partial charge >= 0.3 is 0 Å². The van der Waals surface area contributed by atoms with E-state index in [2.05, 4.69) is 252 Å². The first-order valence-corrected chi connectivity index (χ1v) is 31.3. The van der Waals surface area contributed by atoms with Crippen LogP contribution in [0, 0.1) is 11.8 Å². The van der Waals surface area contributed by atoms with Crippen molar-refractivity contribution in [1.29, 1.82) is 0 Å². The summed E-state index contributed by atoms with van der Waals surface area (Å²) in [6, 6.07) is 56.4. The van der Waals surface area contributed by atoms with E-state index < -0.39 is 20.1 Å². The Morgan fingerprint density at radius 2 is 1.08 bits per heavy atom. The fraction of sp³-hybridized carbons (Fsp3) is 0.242. The van der Waals surface area contributed by atoms with Crippen LogP contribution in [0.1, 0.15) is 79.5 Å². The van der Waals surface area contributed by atoms with Crippen LogP contribution in [-0.4, -0.2) is 37.5 Å². The predicted molar refractivity (Wildman–Crippen MR) is 318 cm³/mol. The zero-order chi connectivity index (χ0) is 50.0. The van der Waals surface area contributed by atoms with Gasteiger partial charge in [0.25, 0.3) is 0 Å². The fourth-order valence-electron chi connectivity index (χ4n) is 11.7. The molecule has 72 heavy (non-hydrogen) atoms. The molecule has 8 aromatic carbocycles. The van der Waals surface area contributed by atoms with Crippen molar-refractivity contribution < 1.29 is 8.83 Å². The van der Waals surface area contributed by atoms with Gasteiger partial charge in [-0.1, -0.05) is 138 Å². The number of hydrogen-bond acceptors (Lipinski definition) is 4. The molecule has 0 saturated carbocycles. The lowest BCUT2D eigenvalue weighted by Crippen LogP contribution is -2.28. The summed E-state index contributed by atoms with van der Waals surface area (Å²) in [4.78, 5) is 6.40. The molecule has 364 valence electrons. The molecule has 2 aromatic heterocycles. The van der Waals surface area contributed by atoms with Gasteiger partial charge < -0.3 is 18.6 Å². The number of rotatable bonds is 11. The molecule has 0 saturated heterocycles. The minimum absolute atomic E-state index is 0.179. The van der Waals surface area contributed by atoms with Crippen molar-refractivity contribution in [2.45, 2.75) is 56.6 Å². The molecular weight excluding hydrogens is 917 g/mol. The van der Waals surface area contributed by atoms with E-state index in [9.17, 15) is 0 Å². The van der Waals surface area contributed by atoms with Crippen LogP contribution in [-0.2, 0) is 0 Å². The van der Waals surface area contributed by atoms with Gasteiger partial charge in [-0.2, -0.15) is 0 Å². The lowest BCUT2D eigenvalue weighted by molar-refractivity contribution is 0.426. The quantitative estimate of drug-likeness (QED) is 0.129. The molecule has 0 aliphatic heterocycles. The van der Waals surface area contributed by atoms with Gasteiger partial charge in [0.2, 0.25) is 0 Å². The highest BCUT2D eigenvalue weighted by molar-refractivity contribution is 8.32. The van der Waals surface area contributed by atoms with Crippen LogP contribution in [0.3, 0.4) is 0 Å². The van der Waals surface area contributed by atoms with E-state index in [-0.39, 0.29) is 17.8 Å². The second kappa shape index (κ2) is 17.3. The summed E-state index contributed by atoms with van der Waals surface area (Å²) in [5.74, 6) is 1.02. The summed E-state index contributed by atoms with van der Waals surface area (Å²) in [7, 11) is -1.77. The smallest absolute Gasteiger partial charge is 0.159 e. The van der Waals surface area contributed by atoms with Gasteiger partial charge in [0.15, 0.2) is 11.2 Å². The number of para-hydroxylation sites is 4. The second-order valence-corrected chi connectivity index (χ2v) is 31.1. The van der Waals surface area contributed by atoms with Gasteiger partial charge in [-0.25, -0.2) is 20.1 Å². The van der Waals surface area contributed by atoms with Crippen LogP contribution in [0.4, 0.5) is 28.4 Å². The Labute approximate surface area is 428 Å². The predicted octanol–water partition coefficient (Wildman–Crippen LogP) is 19.6. The van der Waals surface area contributed by atoms with Crippen LogP contribution in [0.25, 0.3) is 66.4 Å². The van der Waals surface area contributed by atoms with E-state index in [4.69, 9.17) is 8.83 Å². The summed E-state index contributed by atoms with van der Waals surface area (Å²) < 4.78 is 13.8. The van der Waals surface area contributed by atoms with Crippen LogP contribution >= 0.6 is 20.1 Å². The van der Waals surface area contributed by atoms with E-state index in [1.165, 1.54) is 49.2 Å². The van der Waals surface area contributed by atoms with Crippen molar-refractivity contribution in [2.24, 2.45) is 11.8 Å². The topological polar surface area (TPSA) is 32.8 Å². The molecule has 0 fully saturated rings. The maximum atomic E-state index is 6.92. The highest BCUT2D eigenvalue weighted by atomic mass is 32.3. The minimum Gasteiger partial charge on any atom is -0.454 e. The van der Waals surface area contributed by atoms with Crippen molar-refractivity contribution in [3.05, 3.63) is 192 Å². The number of benzene rings is 8. The fourth-order valence-corrected chi connectivity index (χ4v) is 13.6. The molecule has 6 heteroatoms. The molecule has 0 radical (unpaired) electrons. The molecule has 0 bridgehead atoms. The molecule has 0 N–H and O–H groups in total. The molecule has 3 atom stereocenters. The van der Waals surface area contributed by atoms with Gasteiger partial charge in [-0.05, 0) is 154 Å². The van der Waals surface area contributed by atoms with Crippen LogP contribution in [0.2, 0.25) is 0 Å². The molecule has 0 spiro atoms. The summed E-state index contributed by atoms with van der Waals surface area (Å²) in [5, 5.41) is 7.63. The molecule has 4 nitrogen and oxygen atoms in total. The number of allylic oxidation sites excluding steroid dienone is 2. The normalized spacial score (nSPS) is 16.7. The van der Waals surface area contributed by atoms with Crippen LogP contribution in [0.5, 0.6) is 0 Å². The number of anilines is 5. The van der Waals surface area contributed by atoms with E-state index in [1.807, 2.05) is 0 Å². The largest absolute Gasteiger partial charge is 0.454 e. The van der Waals surface area contributed by atoms with Gasteiger partial charge in [0.05, 0.1) is 22.8 Å². The summed E-state index contributed by atoms with van der Waals surface area (Å²) >= 11 is 0. The zero-order valence-corrected chi connectivity index (χ0v) is 45.2. The first-order valence-electron chi connectivity index (χ1n) is 25.6. The SMILES string of the molecule is CC(C)c1cc(N(c2ccc(S(C)(C)C)cc2)c2cccc3c2oc2ccccc23)c2c3c4c(ccc13)C(N(c1ccc(C(C)S(C)(C)C)cc1)c1cccc3c1oc1ccccc13)=CC(C(C)C)C4C=C2. The molecule has 0 amide bonds. The summed E-state index contributed by atoms with van der Waals surface area (Å²) in [5.41, 5.74) is 16.8. The van der Waals surface area contributed by atoms with Crippen molar-refractivity contribution in [3.63, 3.8) is 0 Å². The minimum atomic E-state index is -0.949. The Balaban J connectivity index is 1.14. The van der Waals surface area contributed by atoms with Crippen molar-refractivity contribution in [3.8, 4) is 0 Å². The number of hydrogen-bond donors (Lipinski definition) is 0. The summed E-state index contributed by atoms with van der Waals surface area (Å²) in [6.07, 6.45) is 21.9. The van der Waals surface area contributed by atoms with E-state index in [0.717, 1.165) is 72.3 Å². The van der Waals surface area contributed by atoms with Crippen LogP contribution in [0.15, 0.2) is 178 Å². The first kappa shape index (κ1) is 46.5. The van der Waals surface area contributed by atoms with Crippen molar-refractivity contribution in [1.82, 2.24) is 0 Å². The molecule has 2 heterocycles. The average molecular weight is 983 g/mol. The van der Waals surface area contributed by atoms with Gasteiger partial charge in [0, 0.05) is 55.2 Å². The molecule has 12 rings (SSSR count). The maximum Gasteiger partial charge on any atom is 0.159 e. The number of nitrogens with zero attached hydrogens (tertiary/aromatic N) is 2. The molecule has 10 aromatic rings. The number of fused-ring (bicyclic) bond motifs is 6. The highest BCUT2D eigenvalue weighted by Crippen LogP contribution is 2.57. The van der Waals surface area contributed by atoms with E-state index >= 15 is 0 Å². The Hall–Kier alpha value is -6.60. The first-order chi connectivity index (χ1) is 34.6. The van der Waals surface area contributed by atoms with Gasteiger partial charge in [0.1, 0.15) is 11.2 Å². The third kappa shape index (κ3) is 7.50. The Morgan fingerprint density at radius 3 is 1.65 bits per heavy atom. The van der Waals surface area contributed by atoms with E-state index in [1.54, 1.807) is 0 Å². The molecule has 2 aliphatic carbocycles. The second-order valence-electron chi connectivity index (χ2n) is 22.4. The molecule has 3 unspecified atom stereocenters. The third-order valence-electron chi connectivity index (χ3n) is 15.8. The lowest BCUT2D eigenvalue weighted by Gasteiger charge is -2.41. The monoisotopic (exact) mass is 982 g/mol. The number of furan rings is 2. The Morgan fingerprint density at radius 1 is 0.528 bits per heavy atom. The highest BCUT2D eigenvalue weighted by Gasteiger charge is 2.38. The van der Waals surface area contributed by atoms with Crippen LogP contribution < -0.4 is 9.80 Å². The van der Waals surface area contributed by atoms with Crippen molar-refractivity contribution in [2.75, 3.05) is 47.3 Å². The average Bonchev–Trinajstić information content (AvgIpc) is 3.95. The van der Waals surface area contributed by atoms with Gasteiger partial charge in [-0.15, -0.1) is 0 Å². The third-order valence-corrected chi connectivity index (χ3v) is 19.9. The van der Waals surface area contributed by atoms with E-state index in [0.29, 0.717) is 11.2 Å². The van der Waals surface area contributed by atoms with Crippen molar-refractivity contribution >= 4 is 115 Å². The summed E-state index contributed by atoms with van der Waals surface area (Å²) in [6.45, 7) is 11.9. The zero-order valence-electron chi connectivity index (χ0n) is 43.6. The Kier molecular flexibility index (Phi) is 11.2. The molecular formula is C66H66N2O2S2. The lowest BCUT2D eigenvalue weighted by atomic mass is 9.68. The van der Waals surface area contributed by atoms with Gasteiger partial charge in [-0.3, -0.25) is 0 Å². The molecule has 2 aliphatic rings.